The fraction of sp³-hybridized carbons (Fsp3) is 0.667. The van der Waals surface area contributed by atoms with Crippen molar-refractivity contribution in [2.45, 2.75) is 52.6 Å². The predicted octanol–water partition coefficient (Wildman–Crippen LogP) is 4.04. The van der Waals surface area contributed by atoms with Crippen LogP contribution in [0, 0.1) is 11.8 Å². The van der Waals surface area contributed by atoms with Gasteiger partial charge in [-0.05, 0) is 49.4 Å². The third-order valence-electron chi connectivity index (χ3n) is 3.99. The number of hydrogen-bond acceptors (Lipinski definition) is 2. The molecule has 0 saturated heterocycles. The maximum Gasteiger partial charge on any atom is 0.123 e. The van der Waals surface area contributed by atoms with E-state index in [2.05, 4.69) is 50.4 Å². The van der Waals surface area contributed by atoms with Gasteiger partial charge in [-0.25, -0.2) is 0 Å². The lowest BCUT2D eigenvalue weighted by molar-refractivity contribution is 0.187. The van der Waals surface area contributed by atoms with Crippen molar-refractivity contribution in [1.29, 1.82) is 0 Å². The highest BCUT2D eigenvalue weighted by Crippen LogP contribution is 2.31. The molecule has 0 amide bonds. The van der Waals surface area contributed by atoms with Crippen molar-refractivity contribution in [1.82, 2.24) is 5.32 Å². The Morgan fingerprint density at radius 3 is 2.75 bits per heavy atom. The molecule has 112 valence electrons. The first-order valence-electron chi connectivity index (χ1n) is 8.14. The van der Waals surface area contributed by atoms with E-state index in [1.54, 1.807) is 0 Å². The Morgan fingerprint density at radius 2 is 2.05 bits per heavy atom. The largest absolute Gasteiger partial charge is 0.490 e. The van der Waals surface area contributed by atoms with Crippen LogP contribution in [0.4, 0.5) is 0 Å². The first kappa shape index (κ1) is 15.4. The molecule has 2 nitrogen and oxygen atoms in total. The van der Waals surface area contributed by atoms with Crippen LogP contribution in [-0.2, 0) is 6.42 Å². The highest BCUT2D eigenvalue weighted by atomic mass is 16.5. The van der Waals surface area contributed by atoms with Gasteiger partial charge in [0.05, 0.1) is 0 Å². The first-order valence-corrected chi connectivity index (χ1v) is 8.14. The highest BCUT2D eigenvalue weighted by Gasteiger charge is 2.25. The van der Waals surface area contributed by atoms with E-state index in [9.17, 15) is 0 Å². The van der Waals surface area contributed by atoms with E-state index in [1.165, 1.54) is 24.8 Å². The summed E-state index contributed by atoms with van der Waals surface area (Å²) in [4.78, 5) is 0. The Bertz CT molecular complexity index is 377. The average molecular weight is 275 g/mol. The lowest BCUT2D eigenvalue weighted by atomic mass is 9.94. The second-order valence-corrected chi connectivity index (χ2v) is 6.49. The molecule has 0 fully saturated rings. The second-order valence-electron chi connectivity index (χ2n) is 6.49. The fourth-order valence-electron chi connectivity index (χ4n) is 3.04. The predicted molar refractivity (Wildman–Crippen MR) is 85.3 cm³/mol. The van der Waals surface area contributed by atoms with Crippen molar-refractivity contribution in [2.75, 3.05) is 13.1 Å². The molecule has 1 N–H and O–H groups in total. The molecule has 0 aliphatic carbocycles. The van der Waals surface area contributed by atoms with Gasteiger partial charge < -0.3 is 10.1 Å². The van der Waals surface area contributed by atoms with Crippen LogP contribution in [0.15, 0.2) is 24.3 Å². The van der Waals surface area contributed by atoms with Crippen LogP contribution in [0.2, 0.25) is 0 Å². The Morgan fingerprint density at radius 1 is 1.25 bits per heavy atom. The molecule has 0 aromatic heterocycles. The molecule has 0 spiro atoms. The van der Waals surface area contributed by atoms with Gasteiger partial charge in [-0.1, -0.05) is 45.4 Å². The van der Waals surface area contributed by atoms with Crippen LogP contribution >= 0.6 is 0 Å². The van der Waals surface area contributed by atoms with Crippen LogP contribution in [-0.4, -0.2) is 19.2 Å². The number of nitrogens with one attached hydrogen (secondary N) is 1. The lowest BCUT2D eigenvalue weighted by Gasteiger charge is -2.21. The normalized spacial score (nSPS) is 18.9. The molecule has 1 heterocycles. The zero-order valence-corrected chi connectivity index (χ0v) is 13.2. The van der Waals surface area contributed by atoms with Gasteiger partial charge in [-0.15, -0.1) is 0 Å². The van der Waals surface area contributed by atoms with Crippen LogP contribution in [0.5, 0.6) is 5.75 Å². The van der Waals surface area contributed by atoms with Gasteiger partial charge in [0.25, 0.3) is 0 Å². The van der Waals surface area contributed by atoms with Crippen molar-refractivity contribution in [2.24, 2.45) is 11.8 Å². The van der Waals surface area contributed by atoms with Gasteiger partial charge in [-0.3, -0.25) is 0 Å². The minimum Gasteiger partial charge on any atom is -0.490 e. The maximum atomic E-state index is 6.08. The third kappa shape index (κ3) is 4.52. The molecule has 1 aromatic rings. The van der Waals surface area contributed by atoms with Crippen LogP contribution in [0.25, 0.3) is 0 Å². The van der Waals surface area contributed by atoms with Crippen LogP contribution in [0.1, 0.15) is 45.6 Å². The molecule has 20 heavy (non-hydrogen) atoms. The standard InChI is InChI=1S/C18H29NO/c1-4-7-15(13-19-12-14(2)3)10-17-11-16-8-5-6-9-18(16)20-17/h5-6,8-9,14-15,17,19H,4,7,10-13H2,1-3H3. The van der Waals surface area contributed by atoms with Gasteiger partial charge in [0.2, 0.25) is 0 Å². The number of para-hydroxylation sites is 1. The van der Waals surface area contributed by atoms with Crippen molar-refractivity contribution >= 4 is 0 Å². The van der Waals surface area contributed by atoms with Gasteiger partial charge in [0.15, 0.2) is 0 Å². The molecule has 0 bridgehead atoms. The SMILES string of the molecule is CCCC(CNCC(C)C)CC1Cc2ccccc2O1. The molecular weight excluding hydrogens is 246 g/mol. The minimum atomic E-state index is 0.379. The van der Waals surface area contributed by atoms with E-state index in [0.29, 0.717) is 6.10 Å². The van der Waals surface area contributed by atoms with Crippen molar-refractivity contribution in [3.63, 3.8) is 0 Å². The Hall–Kier alpha value is -1.02. The topological polar surface area (TPSA) is 21.3 Å². The molecule has 0 saturated carbocycles. The number of fused-ring (bicyclic) bond motifs is 1. The molecular formula is C18H29NO. The van der Waals surface area contributed by atoms with Gasteiger partial charge in [-0.2, -0.15) is 0 Å². The summed E-state index contributed by atoms with van der Waals surface area (Å²) in [6.45, 7) is 9.05. The number of benzene rings is 1. The quantitative estimate of drug-likeness (QED) is 0.773. The maximum absolute atomic E-state index is 6.08. The van der Waals surface area contributed by atoms with E-state index in [4.69, 9.17) is 4.74 Å². The van der Waals surface area contributed by atoms with Crippen LogP contribution in [0.3, 0.4) is 0 Å². The summed E-state index contributed by atoms with van der Waals surface area (Å²) < 4.78 is 6.08. The molecule has 1 aliphatic heterocycles. The third-order valence-corrected chi connectivity index (χ3v) is 3.99. The van der Waals surface area contributed by atoms with Gasteiger partial charge >= 0.3 is 0 Å². The smallest absolute Gasteiger partial charge is 0.123 e. The van der Waals surface area contributed by atoms with E-state index in [1.807, 2.05) is 0 Å². The van der Waals surface area contributed by atoms with E-state index in [-0.39, 0.29) is 0 Å². The van der Waals surface area contributed by atoms with E-state index in [0.717, 1.165) is 37.1 Å². The van der Waals surface area contributed by atoms with E-state index >= 15 is 0 Å². The van der Waals surface area contributed by atoms with Crippen LogP contribution < -0.4 is 10.1 Å². The summed E-state index contributed by atoms with van der Waals surface area (Å²) in [7, 11) is 0. The first-order chi connectivity index (χ1) is 9.69. The van der Waals surface area contributed by atoms with Crippen molar-refractivity contribution in [3.05, 3.63) is 29.8 Å². The Kier molecular flexibility index (Phi) is 5.90. The highest BCUT2D eigenvalue weighted by molar-refractivity contribution is 5.37. The number of rotatable bonds is 8. The molecule has 2 heteroatoms. The summed E-state index contributed by atoms with van der Waals surface area (Å²) in [6, 6.07) is 8.47. The molecule has 2 rings (SSSR count). The summed E-state index contributed by atoms with van der Waals surface area (Å²) >= 11 is 0. The number of ether oxygens (including phenoxy) is 1. The summed E-state index contributed by atoms with van der Waals surface area (Å²) in [5.41, 5.74) is 1.38. The molecule has 0 radical (unpaired) electrons. The molecule has 1 aromatic carbocycles. The van der Waals surface area contributed by atoms with Gasteiger partial charge in [0.1, 0.15) is 11.9 Å². The Balaban J connectivity index is 1.80. The molecule has 1 aliphatic rings. The number of hydrogen-bond donors (Lipinski definition) is 1. The monoisotopic (exact) mass is 275 g/mol. The summed E-state index contributed by atoms with van der Waals surface area (Å²) in [6.07, 6.45) is 5.19. The fourth-order valence-corrected chi connectivity index (χ4v) is 3.04. The van der Waals surface area contributed by atoms with Gasteiger partial charge in [0, 0.05) is 6.42 Å². The van der Waals surface area contributed by atoms with Crippen molar-refractivity contribution < 1.29 is 4.74 Å². The minimum absolute atomic E-state index is 0.379. The van der Waals surface area contributed by atoms with E-state index < -0.39 is 0 Å². The van der Waals surface area contributed by atoms with Crippen molar-refractivity contribution in [3.8, 4) is 5.75 Å². The lowest BCUT2D eigenvalue weighted by Crippen LogP contribution is -2.29. The molecule has 2 atom stereocenters. The zero-order chi connectivity index (χ0) is 14.4. The average Bonchev–Trinajstić information content (AvgIpc) is 2.80. The summed E-state index contributed by atoms with van der Waals surface area (Å²) in [5, 5.41) is 3.61. The Labute approximate surface area is 123 Å². The second kappa shape index (κ2) is 7.68. The zero-order valence-electron chi connectivity index (χ0n) is 13.2. The molecule has 2 unspecified atom stereocenters. The summed E-state index contributed by atoms with van der Waals surface area (Å²) in [5.74, 6) is 2.56.